The fraction of sp³-hybridized carbons (Fsp3) is 0.100. The number of aromatic nitrogens is 1. The monoisotopic (exact) mass is 189 g/mol. The van der Waals surface area contributed by atoms with Crippen molar-refractivity contribution in [2.75, 3.05) is 0 Å². The number of pyridine rings is 1. The molecule has 0 spiro atoms. The first kappa shape index (κ1) is 8.77. The van der Waals surface area contributed by atoms with E-state index in [4.69, 9.17) is 5.84 Å². The van der Waals surface area contributed by atoms with Crippen LogP contribution in [-0.4, -0.2) is 10.3 Å². The summed E-state index contributed by atoms with van der Waals surface area (Å²) in [6.45, 7) is 0. The van der Waals surface area contributed by atoms with Crippen LogP contribution in [0.25, 0.3) is 5.52 Å². The van der Waals surface area contributed by atoms with Gasteiger partial charge < -0.3 is 4.40 Å². The zero-order valence-electron chi connectivity index (χ0n) is 7.60. The van der Waals surface area contributed by atoms with E-state index >= 15 is 0 Å². The molecule has 0 unspecified atom stereocenters. The van der Waals surface area contributed by atoms with Crippen LogP contribution in [0.15, 0.2) is 36.5 Å². The molecule has 0 aliphatic rings. The molecular weight excluding hydrogens is 178 g/mol. The van der Waals surface area contributed by atoms with Gasteiger partial charge in [0.1, 0.15) is 0 Å². The molecule has 0 saturated heterocycles. The Labute approximate surface area is 81.3 Å². The molecule has 2 aromatic heterocycles. The van der Waals surface area contributed by atoms with Crippen LogP contribution in [0.1, 0.15) is 5.69 Å². The summed E-state index contributed by atoms with van der Waals surface area (Å²) in [5, 5.41) is 0. The molecule has 14 heavy (non-hydrogen) atoms. The SMILES string of the molecule is NNC(=O)Cc1ccc2ccccn12. The number of hydrazine groups is 1. The number of rotatable bonds is 2. The number of carbonyl (C=O) groups is 1. The Bertz CT molecular complexity index is 461. The lowest BCUT2D eigenvalue weighted by Gasteiger charge is -2.01. The predicted octanol–water partition coefficient (Wildman–Crippen LogP) is 0.472. The smallest absolute Gasteiger partial charge is 0.239 e. The van der Waals surface area contributed by atoms with Crippen molar-refractivity contribution < 1.29 is 4.79 Å². The van der Waals surface area contributed by atoms with Crippen molar-refractivity contribution in [1.82, 2.24) is 9.83 Å². The number of nitrogens with two attached hydrogens (primary N) is 1. The molecular formula is C10H11N3O. The summed E-state index contributed by atoms with van der Waals surface area (Å²) in [5.41, 5.74) is 4.13. The Kier molecular flexibility index (Phi) is 2.20. The molecule has 0 aromatic carbocycles. The second kappa shape index (κ2) is 3.51. The quantitative estimate of drug-likeness (QED) is 0.410. The van der Waals surface area contributed by atoms with Crippen molar-refractivity contribution >= 4 is 11.4 Å². The molecule has 2 aromatic rings. The molecule has 0 radical (unpaired) electrons. The average Bonchev–Trinajstić information content (AvgIpc) is 2.62. The van der Waals surface area contributed by atoms with Crippen LogP contribution in [0.5, 0.6) is 0 Å². The van der Waals surface area contributed by atoms with Gasteiger partial charge in [0.2, 0.25) is 5.91 Å². The van der Waals surface area contributed by atoms with E-state index in [1.165, 1.54) is 0 Å². The summed E-state index contributed by atoms with van der Waals surface area (Å²) in [5.74, 6) is 4.84. The predicted molar refractivity (Wildman–Crippen MR) is 53.4 cm³/mol. The van der Waals surface area contributed by atoms with E-state index in [1.807, 2.05) is 40.9 Å². The molecule has 4 nitrogen and oxygen atoms in total. The highest BCUT2D eigenvalue weighted by Gasteiger charge is 2.05. The lowest BCUT2D eigenvalue weighted by Crippen LogP contribution is -2.31. The highest BCUT2D eigenvalue weighted by Crippen LogP contribution is 2.09. The van der Waals surface area contributed by atoms with Gasteiger partial charge in [-0.25, -0.2) is 5.84 Å². The van der Waals surface area contributed by atoms with E-state index in [1.54, 1.807) is 0 Å². The molecule has 0 atom stereocenters. The van der Waals surface area contributed by atoms with Crippen molar-refractivity contribution in [2.45, 2.75) is 6.42 Å². The fourth-order valence-corrected chi connectivity index (χ4v) is 1.48. The summed E-state index contributed by atoms with van der Waals surface area (Å²) in [7, 11) is 0. The Balaban J connectivity index is 2.38. The van der Waals surface area contributed by atoms with Gasteiger partial charge in [0.15, 0.2) is 0 Å². The van der Waals surface area contributed by atoms with Crippen LogP contribution in [-0.2, 0) is 11.2 Å². The molecule has 0 saturated carbocycles. The van der Waals surface area contributed by atoms with E-state index in [9.17, 15) is 4.79 Å². The molecule has 2 heterocycles. The van der Waals surface area contributed by atoms with Crippen LogP contribution < -0.4 is 11.3 Å². The molecule has 2 rings (SSSR count). The molecule has 0 aliphatic heterocycles. The zero-order valence-corrected chi connectivity index (χ0v) is 7.60. The van der Waals surface area contributed by atoms with Gasteiger partial charge in [0, 0.05) is 17.4 Å². The lowest BCUT2D eigenvalue weighted by molar-refractivity contribution is -0.120. The molecule has 0 aliphatic carbocycles. The zero-order chi connectivity index (χ0) is 9.97. The third-order valence-electron chi connectivity index (χ3n) is 2.15. The van der Waals surface area contributed by atoms with E-state index in [0.717, 1.165) is 11.2 Å². The maximum absolute atomic E-state index is 11.1. The number of carbonyl (C=O) groups excluding carboxylic acids is 1. The van der Waals surface area contributed by atoms with Gasteiger partial charge in [-0.3, -0.25) is 10.2 Å². The number of fused-ring (bicyclic) bond motifs is 1. The number of hydrogen-bond donors (Lipinski definition) is 2. The van der Waals surface area contributed by atoms with Crippen molar-refractivity contribution in [1.29, 1.82) is 0 Å². The van der Waals surface area contributed by atoms with Gasteiger partial charge in [0.05, 0.1) is 6.42 Å². The van der Waals surface area contributed by atoms with Gasteiger partial charge in [-0.15, -0.1) is 0 Å². The maximum atomic E-state index is 11.1. The number of amides is 1. The molecule has 72 valence electrons. The standard InChI is InChI=1S/C10H11N3O/c11-12-10(14)7-9-5-4-8-3-1-2-6-13(8)9/h1-6H,7,11H2,(H,12,14). The average molecular weight is 189 g/mol. The number of hydrogen-bond acceptors (Lipinski definition) is 2. The first-order valence-electron chi connectivity index (χ1n) is 4.35. The van der Waals surface area contributed by atoms with Gasteiger partial charge in [-0.05, 0) is 24.3 Å². The number of nitrogens with zero attached hydrogens (tertiary/aromatic N) is 1. The molecule has 4 heteroatoms. The van der Waals surface area contributed by atoms with Crippen molar-refractivity contribution in [3.63, 3.8) is 0 Å². The van der Waals surface area contributed by atoms with Gasteiger partial charge in [-0.2, -0.15) is 0 Å². The summed E-state index contributed by atoms with van der Waals surface area (Å²) < 4.78 is 1.97. The molecule has 0 bridgehead atoms. The second-order valence-electron chi connectivity index (χ2n) is 3.06. The molecule has 3 N–H and O–H groups in total. The van der Waals surface area contributed by atoms with Crippen LogP contribution in [0.4, 0.5) is 0 Å². The van der Waals surface area contributed by atoms with Crippen LogP contribution >= 0.6 is 0 Å². The molecule has 0 fully saturated rings. The topological polar surface area (TPSA) is 59.5 Å². The largest absolute Gasteiger partial charge is 0.320 e. The second-order valence-corrected chi connectivity index (χ2v) is 3.06. The minimum absolute atomic E-state index is 0.186. The Morgan fingerprint density at radius 1 is 1.36 bits per heavy atom. The third kappa shape index (κ3) is 1.47. The highest BCUT2D eigenvalue weighted by molar-refractivity contribution is 5.78. The van der Waals surface area contributed by atoms with E-state index in [2.05, 4.69) is 5.43 Å². The van der Waals surface area contributed by atoms with E-state index in [-0.39, 0.29) is 5.91 Å². The number of nitrogens with one attached hydrogen (secondary N) is 1. The van der Waals surface area contributed by atoms with E-state index < -0.39 is 0 Å². The summed E-state index contributed by atoms with van der Waals surface area (Å²) in [4.78, 5) is 11.1. The Hall–Kier alpha value is -1.81. The Morgan fingerprint density at radius 2 is 2.21 bits per heavy atom. The van der Waals surface area contributed by atoms with Gasteiger partial charge >= 0.3 is 0 Å². The van der Waals surface area contributed by atoms with Crippen molar-refractivity contribution in [3.8, 4) is 0 Å². The van der Waals surface area contributed by atoms with Crippen molar-refractivity contribution in [3.05, 3.63) is 42.2 Å². The third-order valence-corrected chi connectivity index (χ3v) is 2.15. The van der Waals surface area contributed by atoms with Crippen molar-refractivity contribution in [2.24, 2.45) is 5.84 Å². The minimum Gasteiger partial charge on any atom is -0.320 e. The Morgan fingerprint density at radius 3 is 3.00 bits per heavy atom. The first-order valence-corrected chi connectivity index (χ1v) is 4.35. The first-order chi connectivity index (χ1) is 6.81. The normalized spacial score (nSPS) is 10.4. The highest BCUT2D eigenvalue weighted by atomic mass is 16.2. The van der Waals surface area contributed by atoms with Crippen LogP contribution in [0, 0.1) is 0 Å². The maximum Gasteiger partial charge on any atom is 0.239 e. The van der Waals surface area contributed by atoms with Gasteiger partial charge in [0.25, 0.3) is 0 Å². The van der Waals surface area contributed by atoms with Crippen LogP contribution in [0.2, 0.25) is 0 Å². The summed E-state index contributed by atoms with van der Waals surface area (Å²) in [6.07, 6.45) is 2.23. The minimum atomic E-state index is -0.186. The summed E-state index contributed by atoms with van der Waals surface area (Å²) in [6, 6.07) is 9.77. The van der Waals surface area contributed by atoms with Gasteiger partial charge in [-0.1, -0.05) is 6.07 Å². The molecule has 1 amide bonds. The van der Waals surface area contributed by atoms with E-state index in [0.29, 0.717) is 6.42 Å². The lowest BCUT2D eigenvalue weighted by atomic mass is 10.3. The summed E-state index contributed by atoms with van der Waals surface area (Å²) >= 11 is 0. The van der Waals surface area contributed by atoms with Crippen LogP contribution in [0.3, 0.4) is 0 Å². The fourth-order valence-electron chi connectivity index (χ4n) is 1.48.